The molecular weight excluding hydrogens is 371 g/mol. The standard InChI is InChI=1S/C22H19FN4O2/c23-17-8-2-1-7-16(17)21(28)25-13-19-20(14-25)27(12-15-6-3-4-10-24-15)22(29)18-9-5-11-26(18)19/h1-11,19-20H,12-14H2/t19-,20+/m1/s1. The van der Waals surface area contributed by atoms with Crippen molar-refractivity contribution in [2.45, 2.75) is 18.6 Å². The summed E-state index contributed by atoms with van der Waals surface area (Å²) in [5, 5.41) is 0. The fraction of sp³-hybridized carbons (Fsp3) is 0.227. The predicted octanol–water partition coefficient (Wildman–Crippen LogP) is 2.74. The van der Waals surface area contributed by atoms with E-state index in [1.807, 2.05) is 35.0 Å². The van der Waals surface area contributed by atoms with Crippen LogP contribution in [-0.2, 0) is 6.54 Å². The molecule has 0 bridgehead atoms. The van der Waals surface area contributed by atoms with Crippen molar-refractivity contribution in [1.82, 2.24) is 19.4 Å². The smallest absolute Gasteiger partial charge is 0.271 e. The summed E-state index contributed by atoms with van der Waals surface area (Å²) in [6.07, 6.45) is 3.58. The molecule has 1 fully saturated rings. The van der Waals surface area contributed by atoms with E-state index >= 15 is 0 Å². The number of halogens is 1. The van der Waals surface area contributed by atoms with Gasteiger partial charge in [-0.15, -0.1) is 0 Å². The number of carbonyl (C=O) groups is 2. The maximum atomic E-state index is 14.2. The van der Waals surface area contributed by atoms with Gasteiger partial charge in [0.15, 0.2) is 0 Å². The van der Waals surface area contributed by atoms with Gasteiger partial charge in [-0.2, -0.15) is 0 Å². The number of hydrogen-bond donors (Lipinski definition) is 0. The van der Waals surface area contributed by atoms with E-state index in [2.05, 4.69) is 4.98 Å². The van der Waals surface area contributed by atoms with Crippen molar-refractivity contribution in [2.24, 2.45) is 0 Å². The Morgan fingerprint density at radius 2 is 1.83 bits per heavy atom. The van der Waals surface area contributed by atoms with E-state index in [1.165, 1.54) is 12.1 Å². The topological polar surface area (TPSA) is 58.4 Å². The highest BCUT2D eigenvalue weighted by Crippen LogP contribution is 2.35. The quantitative estimate of drug-likeness (QED) is 0.691. The number of rotatable bonds is 3. The van der Waals surface area contributed by atoms with Crippen LogP contribution in [0.3, 0.4) is 0 Å². The summed E-state index contributed by atoms with van der Waals surface area (Å²) in [6.45, 7) is 1.15. The second kappa shape index (κ2) is 6.84. The van der Waals surface area contributed by atoms with Gasteiger partial charge in [-0.3, -0.25) is 14.6 Å². The minimum atomic E-state index is -0.532. The van der Waals surface area contributed by atoms with Crippen LogP contribution in [0.4, 0.5) is 4.39 Å². The van der Waals surface area contributed by atoms with Crippen molar-refractivity contribution in [1.29, 1.82) is 0 Å². The molecule has 0 aliphatic carbocycles. The second-order valence-corrected chi connectivity index (χ2v) is 7.38. The Labute approximate surface area is 167 Å². The van der Waals surface area contributed by atoms with Crippen molar-refractivity contribution in [3.05, 3.63) is 89.8 Å². The zero-order chi connectivity index (χ0) is 20.0. The number of benzene rings is 1. The van der Waals surface area contributed by atoms with Crippen LogP contribution in [0.15, 0.2) is 67.0 Å². The van der Waals surface area contributed by atoms with E-state index in [0.717, 1.165) is 5.69 Å². The monoisotopic (exact) mass is 390 g/mol. The highest BCUT2D eigenvalue weighted by atomic mass is 19.1. The van der Waals surface area contributed by atoms with Gasteiger partial charge in [0.1, 0.15) is 11.5 Å². The molecule has 7 heteroatoms. The average Bonchev–Trinajstić information content (AvgIpc) is 3.39. The third-order valence-electron chi connectivity index (χ3n) is 5.73. The van der Waals surface area contributed by atoms with Crippen molar-refractivity contribution in [2.75, 3.05) is 13.1 Å². The first-order chi connectivity index (χ1) is 14.1. The summed E-state index contributed by atoms with van der Waals surface area (Å²) in [5.74, 6) is -0.964. The van der Waals surface area contributed by atoms with Crippen LogP contribution in [0.2, 0.25) is 0 Å². The number of nitrogens with zero attached hydrogens (tertiary/aromatic N) is 4. The van der Waals surface area contributed by atoms with E-state index in [9.17, 15) is 14.0 Å². The number of likely N-dealkylation sites (tertiary alicyclic amines) is 1. The van der Waals surface area contributed by atoms with Gasteiger partial charge < -0.3 is 14.4 Å². The molecule has 6 nitrogen and oxygen atoms in total. The average molecular weight is 390 g/mol. The van der Waals surface area contributed by atoms with E-state index in [-0.39, 0.29) is 29.5 Å². The summed E-state index contributed by atoms with van der Waals surface area (Å²) in [4.78, 5) is 33.9. The van der Waals surface area contributed by atoms with Crippen LogP contribution in [-0.4, -0.2) is 50.3 Å². The van der Waals surface area contributed by atoms with Crippen LogP contribution >= 0.6 is 0 Å². The summed E-state index contributed by atoms with van der Waals surface area (Å²) >= 11 is 0. The maximum Gasteiger partial charge on any atom is 0.271 e. The van der Waals surface area contributed by atoms with Gasteiger partial charge in [-0.05, 0) is 36.4 Å². The fourth-order valence-corrected chi connectivity index (χ4v) is 4.34. The molecule has 2 aromatic heterocycles. The maximum absolute atomic E-state index is 14.2. The lowest BCUT2D eigenvalue weighted by Gasteiger charge is -2.37. The first-order valence-corrected chi connectivity index (χ1v) is 9.55. The van der Waals surface area contributed by atoms with Crippen LogP contribution in [0.5, 0.6) is 0 Å². The van der Waals surface area contributed by atoms with Crippen molar-refractivity contribution < 1.29 is 14.0 Å². The number of hydrogen-bond acceptors (Lipinski definition) is 3. The molecule has 2 aliphatic heterocycles. The number of aromatic nitrogens is 2. The van der Waals surface area contributed by atoms with Gasteiger partial charge in [0.05, 0.1) is 29.9 Å². The largest absolute Gasteiger partial charge is 0.337 e. The molecule has 0 saturated carbocycles. The van der Waals surface area contributed by atoms with Gasteiger partial charge >= 0.3 is 0 Å². The second-order valence-electron chi connectivity index (χ2n) is 7.38. The Hall–Kier alpha value is -3.48. The Kier molecular flexibility index (Phi) is 4.16. The molecule has 1 saturated heterocycles. The molecule has 2 amide bonds. The summed E-state index contributed by atoms with van der Waals surface area (Å²) in [7, 11) is 0. The molecule has 1 aromatic carbocycles. The molecule has 146 valence electrons. The molecule has 0 spiro atoms. The number of fused-ring (bicyclic) bond motifs is 3. The van der Waals surface area contributed by atoms with Crippen molar-refractivity contribution in [3.63, 3.8) is 0 Å². The first kappa shape index (κ1) is 17.6. The predicted molar refractivity (Wildman–Crippen MR) is 104 cm³/mol. The van der Waals surface area contributed by atoms with Gasteiger partial charge in [0.2, 0.25) is 0 Å². The van der Waals surface area contributed by atoms with Crippen LogP contribution in [0, 0.1) is 5.82 Å². The Balaban J connectivity index is 1.48. The minimum Gasteiger partial charge on any atom is -0.337 e. The molecule has 4 heterocycles. The van der Waals surface area contributed by atoms with Gasteiger partial charge in [-0.25, -0.2) is 4.39 Å². The van der Waals surface area contributed by atoms with Crippen LogP contribution in [0.25, 0.3) is 0 Å². The lowest BCUT2D eigenvalue weighted by Crippen LogP contribution is -2.50. The summed E-state index contributed by atoms with van der Waals surface area (Å²) in [6, 6.07) is 15.0. The lowest BCUT2D eigenvalue weighted by atomic mass is 10.1. The zero-order valence-electron chi connectivity index (χ0n) is 15.6. The molecule has 0 N–H and O–H groups in total. The van der Waals surface area contributed by atoms with Crippen molar-refractivity contribution >= 4 is 11.8 Å². The summed E-state index contributed by atoms with van der Waals surface area (Å²) in [5.41, 5.74) is 1.45. The van der Waals surface area contributed by atoms with Crippen LogP contribution in [0.1, 0.15) is 32.6 Å². The molecule has 2 aliphatic rings. The third-order valence-corrected chi connectivity index (χ3v) is 5.73. The SMILES string of the molecule is O=C(c1ccccc1F)N1C[C@@H]2[C@H](C1)N(Cc1ccccn1)C(=O)c1cccn12. The molecule has 5 rings (SSSR count). The Morgan fingerprint density at radius 1 is 1.03 bits per heavy atom. The minimum absolute atomic E-state index is 0.0569. The molecule has 29 heavy (non-hydrogen) atoms. The molecular formula is C22H19FN4O2. The zero-order valence-corrected chi connectivity index (χ0v) is 15.6. The molecule has 0 radical (unpaired) electrons. The van der Waals surface area contributed by atoms with Gasteiger partial charge in [-0.1, -0.05) is 18.2 Å². The number of pyridine rings is 1. The molecule has 0 unspecified atom stereocenters. The highest BCUT2D eigenvalue weighted by molar-refractivity contribution is 5.96. The van der Waals surface area contributed by atoms with Crippen molar-refractivity contribution in [3.8, 4) is 0 Å². The Bertz CT molecular complexity index is 1080. The van der Waals surface area contributed by atoms with E-state index in [4.69, 9.17) is 0 Å². The van der Waals surface area contributed by atoms with Gasteiger partial charge in [0.25, 0.3) is 11.8 Å². The molecule has 2 atom stereocenters. The van der Waals surface area contributed by atoms with E-state index < -0.39 is 5.82 Å². The molecule has 3 aromatic rings. The van der Waals surface area contributed by atoms with Gasteiger partial charge in [0, 0.05) is 25.5 Å². The fourth-order valence-electron chi connectivity index (χ4n) is 4.34. The number of amides is 2. The first-order valence-electron chi connectivity index (χ1n) is 9.55. The van der Waals surface area contributed by atoms with E-state index in [1.54, 1.807) is 34.2 Å². The third kappa shape index (κ3) is 2.90. The normalized spacial score (nSPS) is 20.5. The lowest BCUT2D eigenvalue weighted by molar-refractivity contribution is 0.0547. The number of carbonyl (C=O) groups excluding carboxylic acids is 2. The summed E-state index contributed by atoms with van der Waals surface area (Å²) < 4.78 is 16.1. The Morgan fingerprint density at radius 3 is 2.62 bits per heavy atom. The highest BCUT2D eigenvalue weighted by Gasteiger charge is 2.46. The van der Waals surface area contributed by atoms with E-state index in [0.29, 0.717) is 25.3 Å². The van der Waals surface area contributed by atoms with Crippen LogP contribution < -0.4 is 0 Å².